The molecular formula is C71H114O6. The zero-order valence-electron chi connectivity index (χ0n) is 49.7. The molecule has 6 nitrogen and oxygen atoms in total. The van der Waals surface area contributed by atoms with Gasteiger partial charge in [-0.05, 0) is 128 Å². The van der Waals surface area contributed by atoms with Gasteiger partial charge in [-0.2, -0.15) is 0 Å². The summed E-state index contributed by atoms with van der Waals surface area (Å²) in [5, 5.41) is 0. The number of hydrogen-bond acceptors (Lipinski definition) is 6. The first kappa shape index (κ1) is 72.3. The summed E-state index contributed by atoms with van der Waals surface area (Å²) in [6, 6.07) is 0. The summed E-state index contributed by atoms with van der Waals surface area (Å²) in [6.45, 7) is 6.32. The lowest BCUT2D eigenvalue weighted by molar-refractivity contribution is -0.166. The minimum absolute atomic E-state index is 0.123. The van der Waals surface area contributed by atoms with Crippen molar-refractivity contribution in [2.24, 2.45) is 0 Å². The van der Waals surface area contributed by atoms with Gasteiger partial charge >= 0.3 is 17.9 Å². The van der Waals surface area contributed by atoms with Gasteiger partial charge in [-0.25, -0.2) is 0 Å². The van der Waals surface area contributed by atoms with Crippen LogP contribution in [0, 0.1) is 0 Å². The molecule has 77 heavy (non-hydrogen) atoms. The van der Waals surface area contributed by atoms with Gasteiger partial charge in [0, 0.05) is 19.3 Å². The minimum Gasteiger partial charge on any atom is -0.462 e. The van der Waals surface area contributed by atoms with E-state index >= 15 is 0 Å². The van der Waals surface area contributed by atoms with Crippen molar-refractivity contribution in [2.45, 2.75) is 271 Å². The second-order valence-electron chi connectivity index (χ2n) is 20.2. The number of unbranched alkanes of at least 4 members (excludes halogenated alkanes) is 20. The highest BCUT2D eigenvalue weighted by molar-refractivity contribution is 5.71. The van der Waals surface area contributed by atoms with E-state index in [0.29, 0.717) is 19.3 Å². The second kappa shape index (κ2) is 63.8. The second-order valence-corrected chi connectivity index (χ2v) is 20.2. The van der Waals surface area contributed by atoms with Gasteiger partial charge in [0.2, 0.25) is 0 Å². The summed E-state index contributed by atoms with van der Waals surface area (Å²) in [5.41, 5.74) is 0. The van der Waals surface area contributed by atoms with Crippen molar-refractivity contribution in [1.29, 1.82) is 0 Å². The predicted octanol–water partition coefficient (Wildman–Crippen LogP) is 21.5. The van der Waals surface area contributed by atoms with Crippen LogP contribution in [0.5, 0.6) is 0 Å². The Labute approximate surface area is 474 Å². The van der Waals surface area contributed by atoms with E-state index in [4.69, 9.17) is 14.2 Å². The van der Waals surface area contributed by atoms with Gasteiger partial charge in [-0.1, -0.05) is 263 Å². The third kappa shape index (κ3) is 62.0. The van der Waals surface area contributed by atoms with Gasteiger partial charge in [0.1, 0.15) is 13.2 Å². The molecule has 0 bridgehead atoms. The van der Waals surface area contributed by atoms with Crippen molar-refractivity contribution in [3.05, 3.63) is 146 Å². The molecule has 0 amide bonds. The van der Waals surface area contributed by atoms with E-state index in [1.165, 1.54) is 103 Å². The molecule has 0 aromatic carbocycles. The van der Waals surface area contributed by atoms with E-state index in [-0.39, 0.29) is 37.5 Å². The highest BCUT2D eigenvalue weighted by Gasteiger charge is 2.19. The molecule has 0 spiro atoms. The van der Waals surface area contributed by atoms with E-state index < -0.39 is 6.10 Å². The predicted molar refractivity (Wildman–Crippen MR) is 334 cm³/mol. The SMILES string of the molecule is CC/C=C\C/C=C\C/C=C\C/C=C\C/C=C\C/C=C\C/C=C\CCCCCC(=O)OCC(COC(=O)CC/C=C\C/C=C\C/C=C\C/C=C\CC)OC(=O)CCCCCCCCCCC/C=C\CCCCCCCCCC. The normalized spacial score (nSPS) is 13.1. The highest BCUT2D eigenvalue weighted by Crippen LogP contribution is 2.15. The number of carbonyl (C=O) groups excluding carboxylic acids is 3. The van der Waals surface area contributed by atoms with Crippen LogP contribution in [-0.2, 0) is 28.6 Å². The molecule has 0 saturated carbocycles. The standard InChI is InChI=1S/C71H114O6/c1-4-7-10-13-16-19-22-25-27-29-31-33-34-35-36-38-39-41-43-46-49-52-55-58-61-64-70(73)76-67-68(66-75-69(72)63-60-57-54-51-48-45-24-21-18-15-12-9-6-3)77-71(74)65-62-59-56-53-50-47-44-42-40-37-32-30-28-26-23-20-17-14-11-8-5-2/h7,9-10,12,16,18-19,21,25,27,30-33,35-36,39,41,45-46,48-49,54,57,68H,4-6,8,11,13-15,17,20,22-24,26,28-29,34,37-38,40,42-44,47,50-53,55-56,58-67H2,1-3H3/b10-7-,12-9-,19-16-,21-18-,27-25-,32-30-,33-31-,36-35-,41-39-,48-45-,49-46-,57-54-. The Morgan fingerprint density at radius 2 is 0.532 bits per heavy atom. The summed E-state index contributed by atoms with van der Waals surface area (Å²) < 4.78 is 16.8. The minimum atomic E-state index is -0.829. The van der Waals surface area contributed by atoms with E-state index in [1.54, 1.807) is 0 Å². The van der Waals surface area contributed by atoms with Gasteiger partial charge in [0.15, 0.2) is 6.10 Å². The molecule has 0 fully saturated rings. The average Bonchev–Trinajstić information content (AvgIpc) is 3.43. The number of hydrogen-bond donors (Lipinski definition) is 0. The summed E-state index contributed by atoms with van der Waals surface area (Å²) in [4.78, 5) is 38.2. The van der Waals surface area contributed by atoms with Gasteiger partial charge < -0.3 is 14.2 Å². The molecule has 0 aliphatic carbocycles. The van der Waals surface area contributed by atoms with Crippen LogP contribution in [0.4, 0.5) is 0 Å². The monoisotopic (exact) mass is 1060 g/mol. The van der Waals surface area contributed by atoms with Crippen molar-refractivity contribution in [3.63, 3.8) is 0 Å². The number of allylic oxidation sites excluding steroid dienone is 24. The molecule has 1 atom stereocenters. The van der Waals surface area contributed by atoms with Crippen LogP contribution in [0.3, 0.4) is 0 Å². The summed E-state index contributed by atoms with van der Waals surface area (Å²) >= 11 is 0. The maximum absolute atomic E-state index is 12.9. The first-order chi connectivity index (χ1) is 38.0. The van der Waals surface area contributed by atoms with Crippen LogP contribution >= 0.6 is 0 Å². The fourth-order valence-electron chi connectivity index (χ4n) is 8.20. The molecule has 0 aromatic heterocycles. The molecule has 0 saturated heterocycles. The Hall–Kier alpha value is -4.71. The van der Waals surface area contributed by atoms with Crippen molar-refractivity contribution < 1.29 is 28.6 Å². The molecule has 0 aliphatic heterocycles. The lowest BCUT2D eigenvalue weighted by Gasteiger charge is -2.18. The molecule has 0 aromatic rings. The first-order valence-corrected chi connectivity index (χ1v) is 31.3. The van der Waals surface area contributed by atoms with Crippen LogP contribution in [-0.4, -0.2) is 37.2 Å². The Morgan fingerprint density at radius 1 is 0.273 bits per heavy atom. The van der Waals surface area contributed by atoms with Gasteiger partial charge in [-0.15, -0.1) is 0 Å². The summed E-state index contributed by atoms with van der Waals surface area (Å²) in [5.74, 6) is -1.04. The molecule has 6 heteroatoms. The molecule has 0 aliphatic rings. The van der Waals surface area contributed by atoms with E-state index in [2.05, 4.69) is 154 Å². The fraction of sp³-hybridized carbons (Fsp3) is 0.620. The fourth-order valence-corrected chi connectivity index (χ4v) is 8.20. The van der Waals surface area contributed by atoms with E-state index in [1.807, 2.05) is 12.2 Å². The molecule has 0 N–H and O–H groups in total. The zero-order valence-corrected chi connectivity index (χ0v) is 49.7. The highest BCUT2D eigenvalue weighted by atomic mass is 16.6. The lowest BCUT2D eigenvalue weighted by atomic mass is 10.1. The third-order valence-electron chi connectivity index (χ3n) is 12.8. The average molecular weight is 1060 g/mol. The van der Waals surface area contributed by atoms with E-state index in [9.17, 15) is 14.4 Å². The maximum atomic E-state index is 12.9. The first-order valence-electron chi connectivity index (χ1n) is 31.3. The Balaban J connectivity index is 4.48. The smallest absolute Gasteiger partial charge is 0.306 e. The largest absolute Gasteiger partial charge is 0.462 e. The topological polar surface area (TPSA) is 78.9 Å². The van der Waals surface area contributed by atoms with Crippen LogP contribution in [0.1, 0.15) is 265 Å². The summed E-state index contributed by atoms with van der Waals surface area (Å²) in [7, 11) is 0. The number of rotatable bonds is 55. The van der Waals surface area contributed by atoms with Gasteiger partial charge in [0.25, 0.3) is 0 Å². The van der Waals surface area contributed by atoms with Gasteiger partial charge in [0.05, 0.1) is 0 Å². The van der Waals surface area contributed by atoms with Crippen LogP contribution in [0.2, 0.25) is 0 Å². The number of ether oxygens (including phenoxy) is 3. The molecule has 434 valence electrons. The van der Waals surface area contributed by atoms with Crippen LogP contribution in [0.25, 0.3) is 0 Å². The Bertz CT molecular complexity index is 1700. The van der Waals surface area contributed by atoms with Crippen molar-refractivity contribution in [1.82, 2.24) is 0 Å². The number of carbonyl (C=O) groups is 3. The summed E-state index contributed by atoms with van der Waals surface area (Å²) in [6.07, 6.45) is 91.5. The van der Waals surface area contributed by atoms with E-state index in [0.717, 1.165) is 116 Å². The zero-order chi connectivity index (χ0) is 55.7. The molecule has 1 unspecified atom stereocenters. The molecular weight excluding hydrogens is 949 g/mol. The lowest BCUT2D eigenvalue weighted by Crippen LogP contribution is -2.30. The van der Waals surface area contributed by atoms with Gasteiger partial charge in [-0.3, -0.25) is 14.4 Å². The van der Waals surface area contributed by atoms with Crippen molar-refractivity contribution in [3.8, 4) is 0 Å². The Morgan fingerprint density at radius 3 is 0.896 bits per heavy atom. The van der Waals surface area contributed by atoms with Crippen LogP contribution < -0.4 is 0 Å². The molecule has 0 heterocycles. The molecule has 0 rings (SSSR count). The third-order valence-corrected chi connectivity index (χ3v) is 12.8. The quantitative estimate of drug-likeness (QED) is 0.0261. The van der Waals surface area contributed by atoms with Crippen molar-refractivity contribution in [2.75, 3.05) is 13.2 Å². The van der Waals surface area contributed by atoms with Crippen molar-refractivity contribution >= 4 is 17.9 Å². The molecule has 0 radical (unpaired) electrons. The van der Waals surface area contributed by atoms with Crippen LogP contribution in [0.15, 0.2) is 146 Å². The maximum Gasteiger partial charge on any atom is 0.306 e. The number of esters is 3. The Kier molecular flexibility index (Phi) is 59.9.